The van der Waals surface area contributed by atoms with Crippen molar-refractivity contribution < 1.29 is 42.1 Å². The van der Waals surface area contributed by atoms with Crippen molar-refractivity contribution in [2.24, 2.45) is 0 Å². The number of quaternary nitrogens is 1. The first-order valence-corrected chi connectivity index (χ1v) is 29.4. The van der Waals surface area contributed by atoms with Gasteiger partial charge in [-0.05, 0) is 109 Å². The van der Waals surface area contributed by atoms with Crippen molar-refractivity contribution in [3.63, 3.8) is 0 Å². The summed E-state index contributed by atoms with van der Waals surface area (Å²) in [6, 6.07) is 0. The number of ether oxygens (including phenoxy) is 2. The molecule has 0 aromatic heterocycles. The molecule has 0 radical (unpaired) electrons. The van der Waals surface area contributed by atoms with E-state index in [1.54, 1.807) is 0 Å². The molecular formula is C62H103NO8P+. The van der Waals surface area contributed by atoms with Gasteiger partial charge in [-0.15, -0.1) is 0 Å². The molecule has 0 aliphatic carbocycles. The zero-order valence-electron chi connectivity index (χ0n) is 46.1. The van der Waals surface area contributed by atoms with Gasteiger partial charge in [0.25, 0.3) is 0 Å². The monoisotopic (exact) mass is 1020 g/mol. The summed E-state index contributed by atoms with van der Waals surface area (Å²) in [5.41, 5.74) is 0. The Morgan fingerprint density at radius 1 is 0.444 bits per heavy atom. The highest BCUT2D eigenvalue weighted by Gasteiger charge is 2.27. The molecule has 0 aromatic rings. The highest BCUT2D eigenvalue weighted by molar-refractivity contribution is 7.47. The number of unbranched alkanes of at least 4 members (excludes halogenated alkanes) is 13. The molecule has 0 saturated carbocycles. The molecule has 0 aromatic carbocycles. The number of hydrogen-bond donors (Lipinski definition) is 1. The number of esters is 2. The third kappa shape index (κ3) is 55.5. The summed E-state index contributed by atoms with van der Waals surface area (Å²) in [7, 11) is 1.42. The summed E-state index contributed by atoms with van der Waals surface area (Å²) < 4.78 is 34.4. The smallest absolute Gasteiger partial charge is 0.462 e. The van der Waals surface area contributed by atoms with Crippen LogP contribution in [0.15, 0.2) is 134 Å². The van der Waals surface area contributed by atoms with E-state index in [9.17, 15) is 19.0 Å². The Morgan fingerprint density at radius 3 is 1.22 bits per heavy atom. The van der Waals surface area contributed by atoms with Gasteiger partial charge in [-0.25, -0.2) is 4.57 Å². The van der Waals surface area contributed by atoms with Gasteiger partial charge in [-0.1, -0.05) is 205 Å². The van der Waals surface area contributed by atoms with Crippen molar-refractivity contribution in [1.82, 2.24) is 0 Å². The van der Waals surface area contributed by atoms with Gasteiger partial charge in [0.15, 0.2) is 6.10 Å². The summed E-state index contributed by atoms with van der Waals surface area (Å²) in [5.74, 6) is -0.883. The molecule has 0 saturated heterocycles. The number of allylic oxidation sites excluding steroid dienone is 22. The summed E-state index contributed by atoms with van der Waals surface area (Å²) in [6.45, 7) is 4.20. The van der Waals surface area contributed by atoms with Gasteiger partial charge in [0.1, 0.15) is 19.8 Å². The molecule has 0 fully saturated rings. The van der Waals surface area contributed by atoms with Gasteiger partial charge < -0.3 is 18.9 Å². The fraction of sp³-hybridized carbons (Fsp3) is 0.613. The van der Waals surface area contributed by atoms with Crippen LogP contribution in [0.4, 0.5) is 0 Å². The van der Waals surface area contributed by atoms with Gasteiger partial charge in [-0.3, -0.25) is 18.6 Å². The van der Waals surface area contributed by atoms with Crippen LogP contribution in [0.25, 0.3) is 0 Å². The summed E-state index contributed by atoms with van der Waals surface area (Å²) in [6.07, 6.45) is 75.2. The molecule has 0 spiro atoms. The van der Waals surface area contributed by atoms with Crippen molar-refractivity contribution in [2.45, 2.75) is 200 Å². The van der Waals surface area contributed by atoms with Crippen LogP contribution in [-0.2, 0) is 32.7 Å². The van der Waals surface area contributed by atoms with Gasteiger partial charge in [0.2, 0.25) is 0 Å². The van der Waals surface area contributed by atoms with Crippen molar-refractivity contribution >= 4 is 19.8 Å². The van der Waals surface area contributed by atoms with E-state index in [4.69, 9.17) is 18.5 Å². The van der Waals surface area contributed by atoms with E-state index in [0.29, 0.717) is 23.9 Å². The number of nitrogens with zero attached hydrogens (tertiary/aromatic N) is 1. The summed E-state index contributed by atoms with van der Waals surface area (Å²) in [4.78, 5) is 35.6. The van der Waals surface area contributed by atoms with Gasteiger partial charge >= 0.3 is 19.8 Å². The lowest BCUT2D eigenvalue weighted by Crippen LogP contribution is -2.37. The van der Waals surface area contributed by atoms with Crippen molar-refractivity contribution in [3.8, 4) is 0 Å². The minimum Gasteiger partial charge on any atom is -0.462 e. The van der Waals surface area contributed by atoms with Crippen molar-refractivity contribution in [2.75, 3.05) is 47.5 Å². The van der Waals surface area contributed by atoms with E-state index in [-0.39, 0.29) is 26.1 Å². The Labute approximate surface area is 441 Å². The normalized spacial score (nSPS) is 14.4. The molecule has 0 aliphatic heterocycles. The predicted molar refractivity (Wildman–Crippen MR) is 307 cm³/mol. The number of phosphoric ester groups is 1. The summed E-state index contributed by atoms with van der Waals surface area (Å²) >= 11 is 0. The van der Waals surface area contributed by atoms with Crippen LogP contribution < -0.4 is 0 Å². The Hall–Kier alpha value is -3.85. The Balaban J connectivity index is 4.36. The maximum Gasteiger partial charge on any atom is 0.472 e. The third-order valence-corrected chi connectivity index (χ3v) is 12.1. The SMILES string of the molecule is CC/C=C\C/C=C\C/C=C\C/C=C\C/C=C\C/C=C\C/C=C\C/C=C\C/C=C\CCCC(=O)OC(COC(=O)CCCCCCCCCCC/C=C\C/C=C\CCCCC)COP(=O)(O)OCC[N+](C)(C)C. The second-order valence-corrected chi connectivity index (χ2v) is 20.7. The Bertz CT molecular complexity index is 1670. The molecular weight excluding hydrogens is 918 g/mol. The Kier molecular flexibility index (Phi) is 49.2. The van der Waals surface area contributed by atoms with Crippen LogP contribution in [0, 0.1) is 0 Å². The van der Waals surface area contributed by atoms with E-state index in [1.165, 1.54) is 57.8 Å². The van der Waals surface area contributed by atoms with E-state index in [0.717, 1.165) is 96.3 Å². The molecule has 0 aliphatic rings. The molecule has 0 bridgehead atoms. The van der Waals surface area contributed by atoms with Crippen molar-refractivity contribution in [1.29, 1.82) is 0 Å². The number of carbonyl (C=O) groups is 2. The highest BCUT2D eigenvalue weighted by Crippen LogP contribution is 2.43. The van der Waals surface area contributed by atoms with Crippen LogP contribution in [0.3, 0.4) is 0 Å². The average molecular weight is 1020 g/mol. The van der Waals surface area contributed by atoms with Crippen LogP contribution in [0.2, 0.25) is 0 Å². The quantitative estimate of drug-likeness (QED) is 0.0211. The molecule has 2 unspecified atom stereocenters. The molecule has 2 atom stereocenters. The minimum atomic E-state index is -4.41. The third-order valence-electron chi connectivity index (χ3n) is 11.2. The second kappa shape index (κ2) is 52.0. The number of likely N-dealkylation sites (N-methyl/N-ethyl adjacent to an activating group) is 1. The largest absolute Gasteiger partial charge is 0.472 e. The number of hydrogen-bond acceptors (Lipinski definition) is 7. The highest BCUT2D eigenvalue weighted by atomic mass is 31.2. The van der Waals surface area contributed by atoms with E-state index in [2.05, 4.69) is 141 Å². The number of rotatable bonds is 49. The first-order chi connectivity index (χ1) is 35.0. The van der Waals surface area contributed by atoms with Gasteiger partial charge in [-0.2, -0.15) is 0 Å². The zero-order valence-corrected chi connectivity index (χ0v) is 47.0. The Morgan fingerprint density at radius 2 is 0.806 bits per heavy atom. The lowest BCUT2D eigenvalue weighted by molar-refractivity contribution is -0.870. The average Bonchev–Trinajstić information content (AvgIpc) is 3.34. The van der Waals surface area contributed by atoms with Crippen LogP contribution in [0.1, 0.15) is 194 Å². The zero-order chi connectivity index (χ0) is 52.7. The minimum absolute atomic E-state index is 0.0123. The number of carbonyl (C=O) groups excluding carboxylic acids is 2. The molecule has 0 rings (SSSR count). The fourth-order valence-electron chi connectivity index (χ4n) is 6.87. The molecule has 72 heavy (non-hydrogen) atoms. The van der Waals surface area contributed by atoms with Gasteiger partial charge in [0, 0.05) is 12.8 Å². The lowest BCUT2D eigenvalue weighted by Gasteiger charge is -2.24. The molecule has 408 valence electrons. The lowest BCUT2D eigenvalue weighted by atomic mass is 10.1. The first kappa shape index (κ1) is 68.2. The summed E-state index contributed by atoms with van der Waals surface area (Å²) in [5, 5.41) is 0. The molecule has 0 amide bonds. The predicted octanol–water partition coefficient (Wildman–Crippen LogP) is 17.4. The maximum atomic E-state index is 12.8. The fourth-order valence-corrected chi connectivity index (χ4v) is 7.61. The standard InChI is InChI=1S/C62H102NO8P/c1-6-8-10-12-14-16-18-20-22-24-26-27-28-29-30-31-32-33-34-35-37-39-41-43-45-47-49-51-53-55-62(65)71-60(59-70-72(66,67)69-57-56-63(3,4)5)58-68-61(64)54-52-50-48-46-44-42-40-38-36-25-23-21-19-17-15-13-11-9-7-2/h8,10,14-17,20-23,26-27,29-30,32-33,35,37,41,43,47,49,60H,6-7,9,11-13,18-19,24-25,28,31,34,36,38-40,42,44-46,48,50-59H2,1-5H3/p+1/b10-8-,16-14-,17-15-,22-20-,23-21-,27-26-,30-29-,33-32-,37-35-,43-41-,49-47-. The van der Waals surface area contributed by atoms with E-state index < -0.39 is 32.5 Å². The molecule has 10 heteroatoms. The van der Waals surface area contributed by atoms with Gasteiger partial charge in [0.05, 0.1) is 27.7 Å². The van der Waals surface area contributed by atoms with Crippen molar-refractivity contribution in [3.05, 3.63) is 134 Å². The topological polar surface area (TPSA) is 108 Å². The van der Waals surface area contributed by atoms with Crippen LogP contribution >= 0.6 is 7.82 Å². The molecule has 1 N–H and O–H groups in total. The van der Waals surface area contributed by atoms with Crippen LogP contribution in [0.5, 0.6) is 0 Å². The van der Waals surface area contributed by atoms with E-state index >= 15 is 0 Å². The molecule has 9 nitrogen and oxygen atoms in total. The number of phosphoric acid groups is 1. The maximum absolute atomic E-state index is 12.8. The van der Waals surface area contributed by atoms with Crippen LogP contribution in [-0.4, -0.2) is 74.9 Å². The first-order valence-electron chi connectivity index (χ1n) is 27.9. The molecule has 0 heterocycles. The van der Waals surface area contributed by atoms with E-state index in [1.807, 2.05) is 27.2 Å². The second-order valence-electron chi connectivity index (χ2n) is 19.2.